The lowest BCUT2D eigenvalue weighted by atomic mass is 10.0. The van der Waals surface area contributed by atoms with E-state index in [0.717, 1.165) is 12.8 Å². The Kier molecular flexibility index (Phi) is 4.96. The molecule has 8 heteroatoms. The quantitative estimate of drug-likeness (QED) is 0.818. The van der Waals surface area contributed by atoms with Crippen LogP contribution < -0.4 is 11.1 Å². The lowest BCUT2D eigenvalue weighted by Gasteiger charge is -2.31. The Hall–Kier alpha value is -2.19. The normalized spacial score (nSPS) is 27.0. The molecule has 2 atom stereocenters. The van der Waals surface area contributed by atoms with Gasteiger partial charge in [0, 0.05) is 25.5 Å². The van der Waals surface area contributed by atoms with Gasteiger partial charge in [-0.25, -0.2) is 4.79 Å². The fourth-order valence-electron chi connectivity index (χ4n) is 3.16. The topological polar surface area (TPSA) is 107 Å². The van der Waals surface area contributed by atoms with E-state index in [0.29, 0.717) is 38.4 Å². The van der Waals surface area contributed by atoms with Crippen molar-refractivity contribution in [1.29, 1.82) is 0 Å². The summed E-state index contributed by atoms with van der Waals surface area (Å²) in [6.45, 7) is 2.20. The number of nitrogens with zero attached hydrogens (tertiary/aromatic N) is 2. The van der Waals surface area contributed by atoms with Crippen LogP contribution in [0.25, 0.3) is 0 Å². The first kappa shape index (κ1) is 16.7. The molecule has 3 heterocycles. The first-order valence-electron chi connectivity index (χ1n) is 8.06. The Morgan fingerprint density at radius 2 is 2.38 bits per heavy atom. The van der Waals surface area contributed by atoms with Gasteiger partial charge in [0.2, 0.25) is 0 Å². The second kappa shape index (κ2) is 7.14. The number of rotatable bonds is 3. The van der Waals surface area contributed by atoms with Crippen LogP contribution in [0.4, 0.5) is 4.79 Å². The van der Waals surface area contributed by atoms with Crippen molar-refractivity contribution >= 4 is 11.9 Å². The van der Waals surface area contributed by atoms with Gasteiger partial charge in [-0.05, 0) is 25.0 Å². The number of hydrogen-bond acceptors (Lipinski definition) is 5. The molecule has 0 bridgehead atoms. The summed E-state index contributed by atoms with van der Waals surface area (Å²) < 4.78 is 11.7. The number of urea groups is 1. The van der Waals surface area contributed by atoms with Gasteiger partial charge >= 0.3 is 6.03 Å². The zero-order chi connectivity index (χ0) is 17.0. The first-order chi connectivity index (χ1) is 11.6. The van der Waals surface area contributed by atoms with Crippen LogP contribution in [0, 0.1) is 0 Å². The molecular weight excluding hydrogens is 312 g/mol. The van der Waals surface area contributed by atoms with Gasteiger partial charge in [0.25, 0.3) is 5.91 Å². The summed E-state index contributed by atoms with van der Waals surface area (Å²) in [4.78, 5) is 29.0. The van der Waals surface area contributed by atoms with Crippen molar-refractivity contribution in [1.82, 2.24) is 15.2 Å². The maximum absolute atomic E-state index is 12.1. The number of nitrogens with one attached hydrogen (secondary N) is 1. The third-order valence-electron chi connectivity index (χ3n) is 4.41. The lowest BCUT2D eigenvalue weighted by molar-refractivity contribution is -0.0817. The standard InChI is InChI=1S/C16H22N4O4/c17-15(22)20-6-7-23-11-16(10-20)4-3-13(24-16)9-19-14(21)12-2-1-5-18-8-12/h1-2,5,8,13H,3-4,6-7,9-11H2,(H2,17,22)(H,19,21). The number of amides is 3. The molecule has 0 radical (unpaired) electrons. The second-order valence-electron chi connectivity index (χ2n) is 6.23. The van der Waals surface area contributed by atoms with Crippen molar-refractivity contribution in [3.63, 3.8) is 0 Å². The van der Waals surface area contributed by atoms with Crippen LogP contribution >= 0.6 is 0 Å². The predicted molar refractivity (Wildman–Crippen MR) is 85.4 cm³/mol. The van der Waals surface area contributed by atoms with E-state index in [-0.39, 0.29) is 12.0 Å². The summed E-state index contributed by atoms with van der Waals surface area (Å²) in [7, 11) is 0. The smallest absolute Gasteiger partial charge is 0.314 e. The minimum atomic E-state index is -0.533. The lowest BCUT2D eigenvalue weighted by Crippen LogP contribution is -2.48. The van der Waals surface area contributed by atoms with Crippen molar-refractivity contribution in [2.75, 3.05) is 32.8 Å². The average molecular weight is 334 g/mol. The molecule has 130 valence electrons. The molecule has 0 saturated carbocycles. The van der Waals surface area contributed by atoms with Crippen LogP contribution in [0.1, 0.15) is 23.2 Å². The highest BCUT2D eigenvalue weighted by Gasteiger charge is 2.43. The zero-order valence-corrected chi connectivity index (χ0v) is 13.4. The molecule has 1 aromatic rings. The van der Waals surface area contributed by atoms with Crippen LogP contribution in [0.2, 0.25) is 0 Å². The summed E-state index contributed by atoms with van der Waals surface area (Å²) in [5, 5.41) is 2.86. The van der Waals surface area contributed by atoms with Gasteiger partial charge in [-0.15, -0.1) is 0 Å². The highest BCUT2D eigenvalue weighted by molar-refractivity contribution is 5.93. The third kappa shape index (κ3) is 3.82. The van der Waals surface area contributed by atoms with Crippen LogP contribution in [-0.2, 0) is 9.47 Å². The summed E-state index contributed by atoms with van der Waals surface area (Å²) >= 11 is 0. The van der Waals surface area contributed by atoms with Crippen LogP contribution in [0.15, 0.2) is 24.5 Å². The molecule has 1 aromatic heterocycles. The Morgan fingerprint density at radius 3 is 3.12 bits per heavy atom. The van der Waals surface area contributed by atoms with E-state index in [4.69, 9.17) is 15.2 Å². The number of pyridine rings is 1. The van der Waals surface area contributed by atoms with Gasteiger partial charge in [-0.2, -0.15) is 0 Å². The van der Waals surface area contributed by atoms with Crippen LogP contribution in [-0.4, -0.2) is 66.4 Å². The van der Waals surface area contributed by atoms with Crippen molar-refractivity contribution in [2.24, 2.45) is 5.73 Å². The predicted octanol–water partition coefficient (Wildman–Crippen LogP) is 0.140. The molecule has 2 unspecified atom stereocenters. The van der Waals surface area contributed by atoms with Crippen molar-refractivity contribution < 1.29 is 19.1 Å². The van der Waals surface area contributed by atoms with Gasteiger partial charge < -0.3 is 25.4 Å². The molecule has 3 N–H and O–H groups in total. The molecule has 3 rings (SSSR count). The number of primary amides is 1. The van der Waals surface area contributed by atoms with Gasteiger partial charge in [0.15, 0.2) is 0 Å². The molecule has 8 nitrogen and oxygen atoms in total. The molecule has 0 aromatic carbocycles. The molecule has 1 spiro atoms. The van der Waals surface area contributed by atoms with Crippen molar-refractivity contribution in [3.05, 3.63) is 30.1 Å². The number of aromatic nitrogens is 1. The number of carbonyl (C=O) groups is 2. The second-order valence-corrected chi connectivity index (χ2v) is 6.23. The summed E-state index contributed by atoms with van der Waals surface area (Å²) in [6, 6.07) is 2.97. The SMILES string of the molecule is NC(=O)N1CCOCC2(CCC(CNC(=O)c3cccnc3)O2)C1. The van der Waals surface area contributed by atoms with E-state index in [9.17, 15) is 9.59 Å². The molecule has 2 aliphatic rings. The Labute approximate surface area is 140 Å². The molecule has 2 saturated heterocycles. The Balaban J connectivity index is 1.55. The highest BCUT2D eigenvalue weighted by Crippen LogP contribution is 2.32. The maximum Gasteiger partial charge on any atom is 0.314 e. The van der Waals surface area contributed by atoms with Gasteiger partial charge in [-0.1, -0.05) is 0 Å². The molecular formula is C16H22N4O4. The Morgan fingerprint density at radius 1 is 1.50 bits per heavy atom. The Bertz CT molecular complexity index is 597. The number of ether oxygens (including phenoxy) is 2. The average Bonchev–Trinajstić information content (AvgIpc) is 2.86. The summed E-state index contributed by atoms with van der Waals surface area (Å²) in [5.74, 6) is -0.177. The molecule has 2 fully saturated rings. The molecule has 2 aliphatic heterocycles. The third-order valence-corrected chi connectivity index (χ3v) is 4.41. The number of nitrogens with two attached hydrogens (primary N) is 1. The van der Waals surface area contributed by atoms with Crippen molar-refractivity contribution in [2.45, 2.75) is 24.5 Å². The van der Waals surface area contributed by atoms with E-state index in [2.05, 4.69) is 10.3 Å². The zero-order valence-electron chi connectivity index (χ0n) is 13.4. The van der Waals surface area contributed by atoms with E-state index in [1.807, 2.05) is 0 Å². The van der Waals surface area contributed by atoms with Crippen LogP contribution in [0.5, 0.6) is 0 Å². The summed E-state index contributed by atoms with van der Waals surface area (Å²) in [6.07, 6.45) is 4.60. The van der Waals surface area contributed by atoms with E-state index in [1.54, 1.807) is 23.2 Å². The highest BCUT2D eigenvalue weighted by atomic mass is 16.6. The van der Waals surface area contributed by atoms with E-state index >= 15 is 0 Å². The first-order valence-corrected chi connectivity index (χ1v) is 8.06. The monoisotopic (exact) mass is 334 g/mol. The van der Waals surface area contributed by atoms with Gasteiger partial charge in [0.1, 0.15) is 5.60 Å². The number of carbonyl (C=O) groups excluding carboxylic acids is 2. The van der Waals surface area contributed by atoms with Gasteiger partial charge in [-0.3, -0.25) is 9.78 Å². The van der Waals surface area contributed by atoms with Crippen LogP contribution in [0.3, 0.4) is 0 Å². The molecule has 3 amide bonds. The fourth-order valence-corrected chi connectivity index (χ4v) is 3.16. The van der Waals surface area contributed by atoms with Crippen molar-refractivity contribution in [3.8, 4) is 0 Å². The summed E-state index contributed by atoms with van der Waals surface area (Å²) in [5.41, 5.74) is 5.38. The number of hydrogen-bond donors (Lipinski definition) is 2. The maximum atomic E-state index is 12.1. The largest absolute Gasteiger partial charge is 0.377 e. The van der Waals surface area contributed by atoms with E-state index < -0.39 is 11.6 Å². The van der Waals surface area contributed by atoms with E-state index in [1.165, 1.54) is 6.20 Å². The molecule has 24 heavy (non-hydrogen) atoms. The fraction of sp³-hybridized carbons (Fsp3) is 0.562. The molecule has 0 aliphatic carbocycles. The minimum absolute atomic E-state index is 0.109. The minimum Gasteiger partial charge on any atom is -0.377 e. The van der Waals surface area contributed by atoms with Gasteiger partial charge in [0.05, 0.1) is 31.4 Å².